The first-order valence-corrected chi connectivity index (χ1v) is 8.41. The molecule has 2 rings (SSSR count). The van der Waals surface area contributed by atoms with Crippen molar-refractivity contribution in [3.63, 3.8) is 0 Å². The highest BCUT2D eigenvalue weighted by molar-refractivity contribution is 9.10. The van der Waals surface area contributed by atoms with Gasteiger partial charge in [-0.3, -0.25) is 16.0 Å². The molecule has 19 heavy (non-hydrogen) atoms. The van der Waals surface area contributed by atoms with Gasteiger partial charge in [0.25, 0.3) is 0 Å². The summed E-state index contributed by atoms with van der Waals surface area (Å²) < 4.78 is 3.11. The summed E-state index contributed by atoms with van der Waals surface area (Å²) in [5.74, 6) is 7.03. The van der Waals surface area contributed by atoms with Gasteiger partial charge < -0.3 is 4.90 Å². The summed E-state index contributed by atoms with van der Waals surface area (Å²) in [5.41, 5.74) is 4.16. The largest absolute Gasteiger partial charge is 0.308 e. The van der Waals surface area contributed by atoms with Gasteiger partial charge >= 0.3 is 0 Å². The minimum atomic E-state index is 0.159. The van der Waals surface area contributed by atoms with Crippen LogP contribution in [0.1, 0.15) is 24.6 Å². The molecular formula is C12H22BrN5S. The molecule has 1 aliphatic heterocycles. The highest BCUT2D eigenvalue weighted by Gasteiger charge is 2.30. The third kappa shape index (κ3) is 3.72. The number of hydrogen-bond donors (Lipinski definition) is 2. The van der Waals surface area contributed by atoms with Crippen LogP contribution in [0.3, 0.4) is 0 Å². The van der Waals surface area contributed by atoms with E-state index in [1.54, 1.807) is 0 Å². The highest BCUT2D eigenvalue weighted by Crippen LogP contribution is 2.37. The van der Waals surface area contributed by atoms with E-state index in [2.05, 4.69) is 50.1 Å². The van der Waals surface area contributed by atoms with Crippen molar-refractivity contribution >= 4 is 27.7 Å². The summed E-state index contributed by atoms with van der Waals surface area (Å²) in [5, 5.41) is 5.00. The molecule has 0 aliphatic carbocycles. The second kappa shape index (κ2) is 7.08. The van der Waals surface area contributed by atoms with Gasteiger partial charge in [0.1, 0.15) is 0 Å². The Hall–Kier alpha value is -0.0800. The highest BCUT2D eigenvalue weighted by atomic mass is 79.9. The summed E-state index contributed by atoms with van der Waals surface area (Å²) in [6.45, 7) is 1.85. The average molecular weight is 348 g/mol. The van der Waals surface area contributed by atoms with E-state index in [4.69, 9.17) is 5.84 Å². The molecule has 1 aromatic rings. The van der Waals surface area contributed by atoms with Crippen LogP contribution in [0.2, 0.25) is 0 Å². The monoisotopic (exact) mass is 347 g/mol. The summed E-state index contributed by atoms with van der Waals surface area (Å²) in [6, 6.07) is 0.159. The van der Waals surface area contributed by atoms with Crippen LogP contribution in [0.25, 0.3) is 0 Å². The van der Waals surface area contributed by atoms with Crippen LogP contribution < -0.4 is 11.3 Å². The lowest BCUT2D eigenvalue weighted by molar-refractivity contribution is 0.360. The van der Waals surface area contributed by atoms with Crippen molar-refractivity contribution in [2.24, 2.45) is 5.84 Å². The van der Waals surface area contributed by atoms with Crippen molar-refractivity contribution in [1.82, 2.24) is 20.1 Å². The molecule has 0 aromatic carbocycles. The number of hydrogen-bond acceptors (Lipinski definition) is 5. The first-order chi connectivity index (χ1) is 9.13. The molecule has 2 heterocycles. The van der Waals surface area contributed by atoms with Crippen molar-refractivity contribution < 1.29 is 0 Å². The molecule has 0 saturated carbocycles. The molecule has 0 amide bonds. The van der Waals surface area contributed by atoms with Crippen molar-refractivity contribution in [1.29, 1.82) is 0 Å². The number of likely N-dealkylation sites (N-methyl/N-ethyl adjacent to an activating group) is 1. The van der Waals surface area contributed by atoms with Gasteiger partial charge in [0.2, 0.25) is 0 Å². The van der Waals surface area contributed by atoms with E-state index in [1.165, 1.54) is 24.3 Å². The maximum Gasteiger partial charge on any atom is 0.0758 e. The van der Waals surface area contributed by atoms with Crippen LogP contribution >= 0.6 is 27.7 Å². The molecule has 1 fully saturated rings. The first-order valence-electron chi connectivity index (χ1n) is 6.57. The number of nitrogens with zero attached hydrogens (tertiary/aromatic N) is 3. The maximum atomic E-state index is 5.80. The minimum absolute atomic E-state index is 0.159. The van der Waals surface area contributed by atoms with Gasteiger partial charge in [-0.25, -0.2) is 0 Å². The summed E-state index contributed by atoms with van der Waals surface area (Å²) in [6.07, 6.45) is 4.36. The molecule has 1 aliphatic rings. The summed E-state index contributed by atoms with van der Waals surface area (Å²) >= 11 is 5.61. The number of hydrazine groups is 1. The van der Waals surface area contributed by atoms with Crippen LogP contribution in [0.15, 0.2) is 10.7 Å². The molecular weight excluding hydrogens is 326 g/mol. The van der Waals surface area contributed by atoms with E-state index in [-0.39, 0.29) is 6.04 Å². The lowest BCUT2D eigenvalue weighted by atomic mass is 10.1. The van der Waals surface area contributed by atoms with E-state index in [0.29, 0.717) is 5.25 Å². The third-order valence-corrected chi connectivity index (χ3v) is 5.47. The molecule has 2 unspecified atom stereocenters. The Bertz CT molecular complexity index is 403. The zero-order chi connectivity index (χ0) is 13.8. The third-order valence-electron chi connectivity index (χ3n) is 3.40. The Labute approximate surface area is 127 Å². The lowest BCUT2D eigenvalue weighted by Gasteiger charge is -2.24. The van der Waals surface area contributed by atoms with Crippen LogP contribution in [-0.2, 0) is 6.54 Å². The first kappa shape index (κ1) is 15.3. The number of aromatic nitrogens is 2. The van der Waals surface area contributed by atoms with Crippen LogP contribution in [0.5, 0.6) is 0 Å². The van der Waals surface area contributed by atoms with E-state index in [9.17, 15) is 0 Å². The van der Waals surface area contributed by atoms with E-state index >= 15 is 0 Å². The lowest BCUT2D eigenvalue weighted by Crippen LogP contribution is -2.36. The number of nitrogens with one attached hydrogen (secondary N) is 1. The van der Waals surface area contributed by atoms with Crippen LogP contribution in [0, 0.1) is 0 Å². The Morgan fingerprint density at radius 2 is 2.47 bits per heavy atom. The van der Waals surface area contributed by atoms with Gasteiger partial charge in [-0.15, -0.1) is 0 Å². The van der Waals surface area contributed by atoms with Crippen molar-refractivity contribution in [3.8, 4) is 0 Å². The molecule has 1 aromatic heterocycles. The topological polar surface area (TPSA) is 59.1 Å². The van der Waals surface area contributed by atoms with Crippen molar-refractivity contribution in [2.45, 2.75) is 30.7 Å². The number of rotatable bonds is 6. The molecule has 0 bridgehead atoms. The van der Waals surface area contributed by atoms with E-state index < -0.39 is 0 Å². The minimum Gasteiger partial charge on any atom is -0.308 e. The van der Waals surface area contributed by atoms with Crippen molar-refractivity contribution in [2.75, 3.05) is 26.4 Å². The molecule has 0 radical (unpaired) electrons. The molecule has 2 atom stereocenters. The zero-order valence-corrected chi connectivity index (χ0v) is 13.9. The number of nitrogens with two attached hydrogens (primary N) is 1. The predicted molar refractivity (Wildman–Crippen MR) is 84.0 cm³/mol. The number of thioether (sulfide) groups is 1. The average Bonchev–Trinajstić information content (AvgIpc) is 3.00. The zero-order valence-electron chi connectivity index (χ0n) is 11.5. The SMILES string of the molecule is CN(C)CCn1ncc(Br)c1C(NN)C1CCCS1. The fraction of sp³-hybridized carbons (Fsp3) is 0.750. The second-order valence-corrected chi connectivity index (χ2v) is 7.30. The van der Waals surface area contributed by atoms with Gasteiger partial charge in [-0.2, -0.15) is 16.9 Å². The van der Waals surface area contributed by atoms with Crippen molar-refractivity contribution in [3.05, 3.63) is 16.4 Å². The normalized spacial score (nSPS) is 21.2. The summed E-state index contributed by atoms with van der Waals surface area (Å²) in [7, 11) is 4.15. The fourth-order valence-electron chi connectivity index (χ4n) is 2.38. The Morgan fingerprint density at radius 3 is 3.05 bits per heavy atom. The second-order valence-electron chi connectivity index (χ2n) is 5.10. The van der Waals surface area contributed by atoms with Gasteiger partial charge in [0.15, 0.2) is 0 Å². The quantitative estimate of drug-likeness (QED) is 0.604. The molecule has 0 spiro atoms. The predicted octanol–water partition coefficient (Wildman–Crippen LogP) is 1.61. The summed E-state index contributed by atoms with van der Waals surface area (Å²) in [4.78, 5) is 2.16. The van der Waals surface area contributed by atoms with Gasteiger partial charge in [-0.05, 0) is 48.6 Å². The van der Waals surface area contributed by atoms with Gasteiger partial charge in [0.05, 0.1) is 29.0 Å². The standard InChI is InChI=1S/C12H22BrN5S/c1-17(2)5-6-18-12(9(13)8-15-18)11(16-14)10-4-3-7-19-10/h8,10-11,16H,3-7,14H2,1-2H3. The van der Waals surface area contributed by atoms with E-state index in [0.717, 1.165) is 17.6 Å². The van der Waals surface area contributed by atoms with Gasteiger partial charge in [0, 0.05) is 11.8 Å². The maximum absolute atomic E-state index is 5.80. The molecule has 7 heteroatoms. The fourth-order valence-corrected chi connectivity index (χ4v) is 4.29. The smallest absolute Gasteiger partial charge is 0.0758 e. The Morgan fingerprint density at radius 1 is 1.68 bits per heavy atom. The number of halogens is 1. The van der Waals surface area contributed by atoms with Crippen LogP contribution in [0.4, 0.5) is 0 Å². The Balaban J connectivity index is 2.18. The molecule has 108 valence electrons. The van der Waals surface area contributed by atoms with Gasteiger partial charge in [-0.1, -0.05) is 0 Å². The Kier molecular flexibility index (Phi) is 5.70. The molecule has 1 saturated heterocycles. The van der Waals surface area contributed by atoms with Crippen LogP contribution in [-0.4, -0.2) is 46.3 Å². The molecule has 3 N–H and O–H groups in total. The molecule has 5 nitrogen and oxygen atoms in total. The van der Waals surface area contributed by atoms with E-state index in [1.807, 2.05) is 18.0 Å².